The van der Waals surface area contributed by atoms with Crippen LogP contribution >= 0.6 is 0 Å². The van der Waals surface area contributed by atoms with Crippen LogP contribution in [0, 0.1) is 0 Å². The number of benzene rings is 1. The predicted octanol–water partition coefficient (Wildman–Crippen LogP) is 2.30. The molecule has 1 aliphatic heterocycles. The van der Waals surface area contributed by atoms with Gasteiger partial charge in [0, 0.05) is 12.3 Å². The lowest BCUT2D eigenvalue weighted by molar-refractivity contribution is -0.143. The third-order valence-corrected chi connectivity index (χ3v) is 3.50. The second-order valence-electron chi connectivity index (χ2n) is 5.08. The van der Waals surface area contributed by atoms with Gasteiger partial charge in [0.2, 0.25) is 0 Å². The van der Waals surface area contributed by atoms with Crippen LogP contribution in [-0.2, 0) is 19.1 Å². The van der Waals surface area contributed by atoms with E-state index in [4.69, 9.17) is 14.2 Å². The maximum atomic E-state index is 12.2. The van der Waals surface area contributed by atoms with Crippen LogP contribution in [0.1, 0.15) is 20.3 Å². The zero-order chi connectivity index (χ0) is 17.5. The summed E-state index contributed by atoms with van der Waals surface area (Å²) >= 11 is 0. The molecule has 0 amide bonds. The molecule has 1 heterocycles. The molecule has 0 bridgehead atoms. The van der Waals surface area contributed by atoms with Crippen LogP contribution in [0.3, 0.4) is 0 Å². The molecule has 0 aliphatic carbocycles. The van der Waals surface area contributed by atoms with E-state index in [9.17, 15) is 9.59 Å². The normalized spacial score (nSPS) is 15.8. The van der Waals surface area contributed by atoms with Gasteiger partial charge < -0.3 is 24.8 Å². The molecule has 1 atom stereocenters. The molecule has 0 fully saturated rings. The Morgan fingerprint density at radius 3 is 2.54 bits per heavy atom. The summed E-state index contributed by atoms with van der Waals surface area (Å²) < 4.78 is 15.3. The molecule has 1 unspecified atom stereocenters. The number of ether oxygens (including phenoxy) is 3. The molecule has 7 heteroatoms. The van der Waals surface area contributed by atoms with Crippen LogP contribution in [-0.4, -0.2) is 38.3 Å². The summed E-state index contributed by atoms with van der Waals surface area (Å²) in [5.74, 6) is -0.188. The smallest absolute Gasteiger partial charge is 0.337 e. The molecule has 0 aromatic heterocycles. The summed E-state index contributed by atoms with van der Waals surface area (Å²) in [5, 5.41) is 6.27. The summed E-state index contributed by atoms with van der Waals surface area (Å²) in [6.45, 7) is 4.01. The Hall–Kier alpha value is -2.70. The largest absolute Gasteiger partial charge is 0.497 e. The minimum absolute atomic E-state index is 0.0195. The van der Waals surface area contributed by atoms with Crippen LogP contribution in [0.2, 0.25) is 0 Å². The fourth-order valence-corrected chi connectivity index (χ4v) is 2.38. The third kappa shape index (κ3) is 4.18. The Kier molecular flexibility index (Phi) is 6.06. The van der Waals surface area contributed by atoms with E-state index in [1.165, 1.54) is 0 Å². The third-order valence-electron chi connectivity index (χ3n) is 3.50. The highest BCUT2D eigenvalue weighted by atomic mass is 16.5. The van der Waals surface area contributed by atoms with E-state index in [2.05, 4.69) is 10.6 Å². The van der Waals surface area contributed by atoms with Crippen LogP contribution in [0.4, 0.5) is 11.4 Å². The lowest BCUT2D eigenvalue weighted by Gasteiger charge is -2.19. The van der Waals surface area contributed by atoms with Gasteiger partial charge >= 0.3 is 11.9 Å². The van der Waals surface area contributed by atoms with E-state index >= 15 is 0 Å². The summed E-state index contributed by atoms with van der Waals surface area (Å²) in [6.07, 6.45) is 1.58. The maximum absolute atomic E-state index is 12.2. The molecule has 7 nitrogen and oxygen atoms in total. The van der Waals surface area contributed by atoms with E-state index < -0.39 is 12.0 Å². The van der Waals surface area contributed by atoms with Gasteiger partial charge in [0.25, 0.3) is 0 Å². The first-order chi connectivity index (χ1) is 11.6. The topological polar surface area (TPSA) is 85.9 Å². The first-order valence-electron chi connectivity index (χ1n) is 7.82. The van der Waals surface area contributed by atoms with Crippen molar-refractivity contribution < 1.29 is 23.8 Å². The highest BCUT2D eigenvalue weighted by Crippen LogP contribution is 2.31. The first kappa shape index (κ1) is 17.7. The molecule has 2 N–H and O–H groups in total. The summed E-state index contributed by atoms with van der Waals surface area (Å²) in [7, 11) is 1.58. The predicted molar refractivity (Wildman–Crippen MR) is 90.0 cm³/mol. The van der Waals surface area contributed by atoms with Crippen molar-refractivity contribution in [1.82, 2.24) is 0 Å². The van der Waals surface area contributed by atoms with Crippen molar-refractivity contribution in [3.05, 3.63) is 30.0 Å². The molecule has 0 spiro atoms. The van der Waals surface area contributed by atoms with Crippen molar-refractivity contribution in [1.29, 1.82) is 0 Å². The Morgan fingerprint density at radius 1 is 1.12 bits per heavy atom. The fraction of sp³-hybridized carbons (Fsp3) is 0.412. The molecular formula is C17H22N2O5. The number of hydrogen-bond donors (Lipinski definition) is 2. The van der Waals surface area contributed by atoms with Crippen LogP contribution in [0.25, 0.3) is 0 Å². The van der Waals surface area contributed by atoms with Gasteiger partial charge in [0.15, 0.2) is 0 Å². The van der Waals surface area contributed by atoms with Crippen molar-refractivity contribution in [2.75, 3.05) is 31.0 Å². The zero-order valence-electron chi connectivity index (χ0n) is 14.0. The second kappa shape index (κ2) is 8.24. The quantitative estimate of drug-likeness (QED) is 0.772. The van der Waals surface area contributed by atoms with Gasteiger partial charge in [-0.15, -0.1) is 0 Å². The number of esters is 2. The number of rotatable bonds is 6. The Bertz CT molecular complexity index is 642. The molecule has 130 valence electrons. The number of hydrogen-bond acceptors (Lipinski definition) is 7. The van der Waals surface area contributed by atoms with E-state index in [-0.39, 0.29) is 25.6 Å². The van der Waals surface area contributed by atoms with Gasteiger partial charge in [-0.2, -0.15) is 0 Å². The van der Waals surface area contributed by atoms with Crippen molar-refractivity contribution in [2.45, 2.75) is 26.3 Å². The lowest BCUT2D eigenvalue weighted by atomic mass is 10.0. The molecule has 2 rings (SSSR count). The number of methoxy groups -OCH3 is 1. The number of anilines is 2. The van der Waals surface area contributed by atoms with Crippen molar-refractivity contribution in [2.24, 2.45) is 0 Å². The Labute approximate surface area is 141 Å². The van der Waals surface area contributed by atoms with E-state index in [0.29, 0.717) is 11.3 Å². The van der Waals surface area contributed by atoms with Gasteiger partial charge in [0.1, 0.15) is 5.75 Å². The van der Waals surface area contributed by atoms with Crippen molar-refractivity contribution >= 4 is 23.3 Å². The number of nitrogens with one attached hydrogen (secondary N) is 2. The maximum Gasteiger partial charge on any atom is 0.337 e. The highest BCUT2D eigenvalue weighted by Gasteiger charge is 2.28. The van der Waals surface area contributed by atoms with E-state index in [1.807, 2.05) is 6.07 Å². The number of fused-ring (bicyclic) bond motifs is 1. The molecule has 0 radical (unpaired) electrons. The fourth-order valence-electron chi connectivity index (χ4n) is 2.38. The van der Waals surface area contributed by atoms with Gasteiger partial charge in [-0.05, 0) is 26.0 Å². The van der Waals surface area contributed by atoms with E-state index in [1.54, 1.807) is 39.3 Å². The van der Waals surface area contributed by atoms with E-state index in [0.717, 1.165) is 11.4 Å². The number of carbonyl (C=O) groups excluding carboxylic acids is 2. The average molecular weight is 334 g/mol. The van der Waals surface area contributed by atoms with Crippen LogP contribution in [0.5, 0.6) is 5.75 Å². The highest BCUT2D eigenvalue weighted by molar-refractivity contribution is 5.93. The van der Waals surface area contributed by atoms with Crippen molar-refractivity contribution in [3.8, 4) is 5.75 Å². The molecule has 0 saturated heterocycles. The van der Waals surface area contributed by atoms with Crippen LogP contribution in [0.15, 0.2) is 30.0 Å². The van der Waals surface area contributed by atoms with Gasteiger partial charge in [-0.3, -0.25) is 4.79 Å². The molecule has 1 aromatic carbocycles. The summed E-state index contributed by atoms with van der Waals surface area (Å²) in [5.41, 5.74) is 1.82. The Morgan fingerprint density at radius 2 is 1.88 bits per heavy atom. The molecule has 24 heavy (non-hydrogen) atoms. The molecule has 0 saturated carbocycles. The van der Waals surface area contributed by atoms with Gasteiger partial charge in [0.05, 0.1) is 49.7 Å². The van der Waals surface area contributed by atoms with Crippen molar-refractivity contribution in [3.63, 3.8) is 0 Å². The van der Waals surface area contributed by atoms with Crippen LogP contribution < -0.4 is 15.4 Å². The second-order valence-corrected chi connectivity index (χ2v) is 5.08. The Balaban J connectivity index is 2.31. The van der Waals surface area contributed by atoms with Gasteiger partial charge in [-0.25, -0.2) is 4.79 Å². The minimum Gasteiger partial charge on any atom is -0.497 e. The van der Waals surface area contributed by atoms with Gasteiger partial charge in [-0.1, -0.05) is 0 Å². The SMILES string of the molecule is CCOC(=O)CC1Nc2ccc(OC)cc2NC=C1C(=O)OCC. The molecular weight excluding hydrogens is 312 g/mol. The lowest BCUT2D eigenvalue weighted by Crippen LogP contribution is -2.30. The molecule has 1 aliphatic rings. The first-order valence-corrected chi connectivity index (χ1v) is 7.82. The standard InChI is InChI=1S/C17H22N2O5/c1-4-23-16(20)9-14-12(17(21)24-5-2)10-18-15-8-11(22-3)6-7-13(15)19-14/h6-8,10,14,18-19H,4-5,9H2,1-3H3. The average Bonchev–Trinajstić information content (AvgIpc) is 2.73. The monoisotopic (exact) mass is 334 g/mol. The zero-order valence-corrected chi connectivity index (χ0v) is 14.0. The summed E-state index contributed by atoms with van der Waals surface area (Å²) in [4.78, 5) is 24.1. The minimum atomic E-state index is -0.551. The number of carbonyl (C=O) groups is 2. The summed E-state index contributed by atoms with van der Waals surface area (Å²) in [6, 6.07) is 4.87. The molecule has 1 aromatic rings.